The van der Waals surface area contributed by atoms with Gasteiger partial charge < -0.3 is 0 Å². The molecule has 19 heavy (non-hydrogen) atoms. The Kier molecular flexibility index (Phi) is 4.53. The Hall–Kier alpha value is -1.000. The van der Waals surface area contributed by atoms with Gasteiger partial charge in [-0.05, 0) is 42.3 Å². The van der Waals surface area contributed by atoms with Gasteiger partial charge in [-0.25, -0.2) is 4.39 Å². The van der Waals surface area contributed by atoms with Gasteiger partial charge in [-0.15, -0.1) is 0 Å². The fourth-order valence-electron chi connectivity index (χ4n) is 1.74. The molecule has 2 rings (SSSR count). The van der Waals surface area contributed by atoms with Gasteiger partial charge >= 0.3 is 0 Å². The number of aryl methyl sites for hydroxylation is 1. The van der Waals surface area contributed by atoms with Crippen molar-refractivity contribution in [3.8, 4) is 0 Å². The van der Waals surface area contributed by atoms with E-state index in [-0.39, 0.29) is 18.0 Å². The second kappa shape index (κ2) is 5.97. The summed E-state index contributed by atoms with van der Waals surface area (Å²) >= 11 is 6.83. The SMILES string of the molecule is Cc1cc(Br)c(C(=O)Cc2ccc(F)cc2)cc1Br. The minimum atomic E-state index is -0.296. The molecule has 0 aliphatic heterocycles. The van der Waals surface area contributed by atoms with Gasteiger partial charge in [0.25, 0.3) is 0 Å². The van der Waals surface area contributed by atoms with Crippen molar-refractivity contribution in [3.05, 3.63) is 67.9 Å². The molecule has 0 aliphatic rings. The summed E-state index contributed by atoms with van der Waals surface area (Å²) in [6.45, 7) is 1.96. The highest BCUT2D eigenvalue weighted by molar-refractivity contribution is 9.11. The molecule has 0 saturated carbocycles. The van der Waals surface area contributed by atoms with E-state index in [2.05, 4.69) is 31.9 Å². The van der Waals surface area contributed by atoms with E-state index in [0.717, 1.165) is 20.1 Å². The fraction of sp³-hybridized carbons (Fsp3) is 0.133. The van der Waals surface area contributed by atoms with Gasteiger partial charge in [0.15, 0.2) is 5.78 Å². The Morgan fingerprint density at radius 3 is 2.37 bits per heavy atom. The summed E-state index contributed by atoms with van der Waals surface area (Å²) in [6.07, 6.45) is 0.258. The quantitative estimate of drug-likeness (QED) is 0.673. The number of rotatable bonds is 3. The first-order valence-corrected chi connectivity index (χ1v) is 7.29. The average Bonchev–Trinajstić information content (AvgIpc) is 2.36. The van der Waals surface area contributed by atoms with Crippen LogP contribution in [0.1, 0.15) is 21.5 Å². The lowest BCUT2D eigenvalue weighted by Crippen LogP contribution is -2.05. The number of Topliss-reactive ketones (excluding diaryl/α,β-unsaturated/α-hetero) is 1. The summed E-state index contributed by atoms with van der Waals surface area (Å²) in [5, 5.41) is 0. The predicted octanol–water partition coefficient (Wildman–Crippen LogP) is 5.08. The minimum Gasteiger partial charge on any atom is -0.294 e. The van der Waals surface area contributed by atoms with Crippen LogP contribution in [0.2, 0.25) is 0 Å². The molecule has 0 aliphatic carbocycles. The van der Waals surface area contributed by atoms with E-state index >= 15 is 0 Å². The van der Waals surface area contributed by atoms with Crippen LogP contribution in [0.4, 0.5) is 4.39 Å². The first-order chi connectivity index (χ1) is 8.97. The average molecular weight is 386 g/mol. The molecule has 0 amide bonds. The largest absolute Gasteiger partial charge is 0.294 e. The van der Waals surface area contributed by atoms with Gasteiger partial charge in [0.05, 0.1) is 0 Å². The van der Waals surface area contributed by atoms with Gasteiger partial charge in [-0.2, -0.15) is 0 Å². The number of halogens is 3. The molecule has 1 nitrogen and oxygen atoms in total. The number of benzene rings is 2. The summed E-state index contributed by atoms with van der Waals surface area (Å²) in [4.78, 5) is 12.2. The maximum absolute atomic E-state index is 12.8. The number of carbonyl (C=O) groups is 1. The van der Waals surface area contributed by atoms with Gasteiger partial charge in [0, 0.05) is 20.9 Å². The zero-order chi connectivity index (χ0) is 14.0. The van der Waals surface area contributed by atoms with Crippen molar-refractivity contribution in [3.63, 3.8) is 0 Å². The summed E-state index contributed by atoms with van der Waals surface area (Å²) in [5.74, 6) is -0.297. The molecule has 2 aromatic rings. The summed E-state index contributed by atoms with van der Waals surface area (Å²) in [5.41, 5.74) is 2.49. The van der Waals surface area contributed by atoms with E-state index in [1.54, 1.807) is 12.1 Å². The second-order valence-corrected chi connectivity index (χ2v) is 6.02. The van der Waals surface area contributed by atoms with E-state index < -0.39 is 0 Å². The molecule has 0 atom stereocenters. The number of hydrogen-bond donors (Lipinski definition) is 0. The van der Waals surface area contributed by atoms with E-state index in [9.17, 15) is 9.18 Å². The number of carbonyl (C=O) groups excluding carboxylic acids is 1. The van der Waals surface area contributed by atoms with Crippen LogP contribution in [0.5, 0.6) is 0 Å². The molecule has 0 saturated heterocycles. The first kappa shape index (κ1) is 14.4. The zero-order valence-electron chi connectivity index (χ0n) is 10.2. The van der Waals surface area contributed by atoms with Crippen molar-refractivity contribution < 1.29 is 9.18 Å². The monoisotopic (exact) mass is 384 g/mol. The van der Waals surface area contributed by atoms with Crippen molar-refractivity contribution in [2.24, 2.45) is 0 Å². The van der Waals surface area contributed by atoms with Crippen LogP contribution in [0, 0.1) is 12.7 Å². The third-order valence-corrected chi connectivity index (χ3v) is 4.34. The van der Waals surface area contributed by atoms with Crippen molar-refractivity contribution in [2.75, 3.05) is 0 Å². The molecule has 0 N–H and O–H groups in total. The topological polar surface area (TPSA) is 17.1 Å². The molecule has 2 aromatic carbocycles. The summed E-state index contributed by atoms with van der Waals surface area (Å²) in [6, 6.07) is 9.70. The van der Waals surface area contributed by atoms with Crippen molar-refractivity contribution in [2.45, 2.75) is 13.3 Å². The molecule has 0 spiro atoms. The van der Waals surface area contributed by atoms with E-state index in [0.29, 0.717) is 5.56 Å². The molecule has 98 valence electrons. The second-order valence-electron chi connectivity index (χ2n) is 4.31. The minimum absolute atomic E-state index is 0.000756. The Balaban J connectivity index is 2.25. The van der Waals surface area contributed by atoms with Crippen LogP contribution in [-0.4, -0.2) is 5.78 Å². The Morgan fingerprint density at radius 2 is 1.74 bits per heavy atom. The molecule has 0 heterocycles. The summed E-state index contributed by atoms with van der Waals surface area (Å²) < 4.78 is 14.5. The van der Waals surface area contributed by atoms with Crippen LogP contribution in [0.15, 0.2) is 45.3 Å². The highest BCUT2D eigenvalue weighted by atomic mass is 79.9. The normalized spacial score (nSPS) is 10.5. The van der Waals surface area contributed by atoms with Crippen molar-refractivity contribution in [1.29, 1.82) is 0 Å². The lowest BCUT2D eigenvalue weighted by Gasteiger charge is -2.07. The smallest absolute Gasteiger partial charge is 0.168 e. The molecule has 0 bridgehead atoms. The maximum atomic E-state index is 12.8. The van der Waals surface area contributed by atoms with Crippen molar-refractivity contribution in [1.82, 2.24) is 0 Å². The van der Waals surface area contributed by atoms with Crippen molar-refractivity contribution >= 4 is 37.6 Å². The lowest BCUT2D eigenvalue weighted by atomic mass is 10.0. The Morgan fingerprint density at radius 1 is 1.11 bits per heavy atom. The number of ketones is 1. The molecule has 0 unspecified atom stereocenters. The van der Waals surface area contributed by atoms with Gasteiger partial charge in [-0.3, -0.25) is 4.79 Å². The molecule has 0 fully saturated rings. The Labute approximate surface area is 128 Å². The van der Waals surface area contributed by atoms with Crippen LogP contribution >= 0.6 is 31.9 Å². The Bertz CT molecular complexity index is 621. The molecule has 0 aromatic heterocycles. The molecular weight excluding hydrogens is 375 g/mol. The molecular formula is C15H11Br2FO. The molecule has 4 heteroatoms. The standard InChI is InChI=1S/C15H11Br2FO/c1-9-6-14(17)12(8-13(9)16)15(19)7-10-2-4-11(18)5-3-10/h2-6,8H,7H2,1H3. The first-order valence-electron chi connectivity index (χ1n) is 5.70. The maximum Gasteiger partial charge on any atom is 0.168 e. The third kappa shape index (κ3) is 3.51. The van der Waals surface area contributed by atoms with Crippen LogP contribution in [-0.2, 0) is 6.42 Å². The predicted molar refractivity (Wildman–Crippen MR) is 81.0 cm³/mol. The van der Waals surface area contributed by atoms with Gasteiger partial charge in [0.1, 0.15) is 5.82 Å². The zero-order valence-corrected chi connectivity index (χ0v) is 13.4. The van der Waals surface area contributed by atoms with Crippen LogP contribution in [0.25, 0.3) is 0 Å². The highest BCUT2D eigenvalue weighted by Crippen LogP contribution is 2.26. The van der Waals surface area contributed by atoms with Gasteiger partial charge in [0.2, 0.25) is 0 Å². The highest BCUT2D eigenvalue weighted by Gasteiger charge is 2.13. The van der Waals surface area contributed by atoms with Crippen LogP contribution in [0.3, 0.4) is 0 Å². The van der Waals surface area contributed by atoms with E-state index in [1.807, 2.05) is 19.1 Å². The summed E-state index contributed by atoms with van der Waals surface area (Å²) in [7, 11) is 0. The lowest BCUT2D eigenvalue weighted by molar-refractivity contribution is 0.0992. The van der Waals surface area contributed by atoms with E-state index in [4.69, 9.17) is 0 Å². The van der Waals surface area contributed by atoms with Crippen LogP contribution < -0.4 is 0 Å². The fourth-order valence-corrected chi connectivity index (χ4v) is 2.77. The number of hydrogen-bond acceptors (Lipinski definition) is 1. The van der Waals surface area contributed by atoms with E-state index in [1.165, 1.54) is 12.1 Å². The molecule has 0 radical (unpaired) electrons. The van der Waals surface area contributed by atoms with Gasteiger partial charge in [-0.1, -0.05) is 44.0 Å². The third-order valence-electron chi connectivity index (χ3n) is 2.83.